The molecule has 3 aromatic heterocycles. The summed E-state index contributed by atoms with van der Waals surface area (Å²) in [4.78, 5) is 6.87. The molecule has 4 heterocycles. The number of pyridine rings is 2. The van der Waals surface area contributed by atoms with Gasteiger partial charge < -0.3 is 9.23 Å². The first-order valence-electron chi connectivity index (χ1n) is 8.64. The van der Waals surface area contributed by atoms with Crippen molar-refractivity contribution in [3.63, 3.8) is 0 Å². The van der Waals surface area contributed by atoms with Gasteiger partial charge >= 0.3 is 6.85 Å². The smallest absolute Gasteiger partial charge is 0.399 e. The van der Waals surface area contributed by atoms with E-state index in [9.17, 15) is 0 Å². The molecule has 1 aliphatic heterocycles. The summed E-state index contributed by atoms with van der Waals surface area (Å²) in [5.74, 6) is 0.899. The maximum absolute atomic E-state index is 6.03. The molecule has 4 nitrogen and oxygen atoms in total. The average Bonchev–Trinajstić information content (AvgIpc) is 2.89. The van der Waals surface area contributed by atoms with Crippen LogP contribution in [-0.4, -0.2) is 18.9 Å². The molecule has 0 bridgehead atoms. The van der Waals surface area contributed by atoms with E-state index in [1.165, 1.54) is 22.2 Å². The zero-order chi connectivity index (χ0) is 17.9. The van der Waals surface area contributed by atoms with Crippen molar-refractivity contribution in [2.24, 2.45) is 7.05 Å². The molecule has 0 atom stereocenters. The van der Waals surface area contributed by atoms with Gasteiger partial charge in [-0.25, -0.2) is 9.55 Å². The summed E-state index contributed by atoms with van der Waals surface area (Å²) < 4.78 is 8.27. The number of nitrogens with zero attached hydrogens (tertiary/aromatic N) is 3. The van der Waals surface area contributed by atoms with E-state index in [1.54, 1.807) is 0 Å². The normalized spacial score (nSPS) is 14.1. The second-order valence-corrected chi connectivity index (χ2v) is 7.20. The molecule has 0 saturated carbocycles. The van der Waals surface area contributed by atoms with E-state index in [0.717, 1.165) is 22.5 Å². The molecular formula is C20H23BN3O+. The van der Waals surface area contributed by atoms with Crippen LogP contribution >= 0.6 is 0 Å². The minimum Gasteiger partial charge on any atom is -0.436 e. The Kier molecular flexibility index (Phi) is 3.49. The van der Waals surface area contributed by atoms with Crippen LogP contribution < -0.4 is 15.0 Å². The van der Waals surface area contributed by atoms with Gasteiger partial charge in [0.1, 0.15) is 7.05 Å². The molecule has 0 fully saturated rings. The van der Waals surface area contributed by atoms with E-state index < -0.39 is 0 Å². The second-order valence-electron chi connectivity index (χ2n) is 7.20. The topological polar surface area (TPSA) is 33.2 Å². The lowest BCUT2D eigenvalue weighted by molar-refractivity contribution is -0.654. The Morgan fingerprint density at radius 1 is 1.12 bits per heavy atom. The van der Waals surface area contributed by atoms with Crippen LogP contribution in [0.15, 0.2) is 34.3 Å². The summed E-state index contributed by atoms with van der Waals surface area (Å²) in [7, 11) is 4.26. The van der Waals surface area contributed by atoms with Gasteiger partial charge in [0.2, 0.25) is 5.71 Å². The van der Waals surface area contributed by atoms with Gasteiger partial charge in [0.25, 0.3) is 0 Å². The van der Waals surface area contributed by atoms with Crippen LogP contribution in [0.2, 0.25) is 0 Å². The molecule has 0 saturated heterocycles. The fourth-order valence-electron chi connectivity index (χ4n) is 3.87. The van der Waals surface area contributed by atoms with Crippen molar-refractivity contribution in [3.8, 4) is 0 Å². The van der Waals surface area contributed by atoms with Crippen LogP contribution in [0.3, 0.4) is 0 Å². The largest absolute Gasteiger partial charge is 0.436 e. The van der Waals surface area contributed by atoms with Gasteiger partial charge in [-0.3, -0.25) is 0 Å². The summed E-state index contributed by atoms with van der Waals surface area (Å²) in [5.41, 5.74) is 7.97. The summed E-state index contributed by atoms with van der Waals surface area (Å²) in [6.07, 6.45) is 4.37. The molecule has 0 amide bonds. The molecule has 5 heteroatoms. The molecule has 0 N–H and O–H groups in total. The molecule has 0 aromatic carbocycles. The highest BCUT2D eigenvalue weighted by atomic mass is 16.3. The van der Waals surface area contributed by atoms with Crippen molar-refractivity contribution in [1.82, 2.24) is 4.98 Å². The summed E-state index contributed by atoms with van der Waals surface area (Å²) in [6.45, 7) is 8.67. The predicted molar refractivity (Wildman–Crippen MR) is 103 cm³/mol. The van der Waals surface area contributed by atoms with Gasteiger partial charge in [-0.15, -0.1) is 0 Å². The van der Waals surface area contributed by atoms with Crippen molar-refractivity contribution in [3.05, 3.63) is 52.4 Å². The van der Waals surface area contributed by atoms with Crippen molar-refractivity contribution in [2.45, 2.75) is 27.7 Å². The van der Waals surface area contributed by atoms with Crippen LogP contribution in [0, 0.1) is 20.8 Å². The molecule has 1 aliphatic rings. The first-order chi connectivity index (χ1) is 11.9. The first-order valence-corrected chi connectivity index (χ1v) is 8.64. The lowest BCUT2D eigenvalue weighted by Gasteiger charge is -2.29. The Morgan fingerprint density at radius 2 is 1.88 bits per heavy atom. The average molecular weight is 332 g/mol. The minimum atomic E-state index is 0.180. The van der Waals surface area contributed by atoms with Crippen LogP contribution in [-0.2, 0) is 7.05 Å². The number of aromatic nitrogens is 2. The number of furan rings is 1. The third kappa shape index (κ3) is 2.37. The van der Waals surface area contributed by atoms with Crippen LogP contribution in [0.5, 0.6) is 0 Å². The standard InChI is InChI=1S/C20H23BN3O/c1-12-9-18(23(5)11-13(12)2)21-14(3)10-17-19(24(21)6)16-8-7-15(4)22-20(16)25-17/h7-11H,1-6H3/q+1. The predicted octanol–water partition coefficient (Wildman–Crippen LogP) is 2.87. The van der Waals surface area contributed by atoms with E-state index in [-0.39, 0.29) is 6.85 Å². The van der Waals surface area contributed by atoms with Crippen LogP contribution in [0.4, 0.5) is 5.69 Å². The first kappa shape index (κ1) is 15.9. The number of anilines is 1. The highest BCUT2D eigenvalue weighted by molar-refractivity contribution is 6.83. The van der Waals surface area contributed by atoms with E-state index in [2.05, 4.69) is 73.6 Å². The second kappa shape index (κ2) is 5.48. The molecule has 4 rings (SSSR count). The maximum atomic E-state index is 6.03. The Labute approximate surface area is 148 Å². The van der Waals surface area contributed by atoms with E-state index in [4.69, 9.17) is 4.42 Å². The molecule has 3 aromatic rings. The molecule has 25 heavy (non-hydrogen) atoms. The summed E-state index contributed by atoms with van der Waals surface area (Å²) in [5, 5.41) is 1.07. The summed E-state index contributed by atoms with van der Waals surface area (Å²) in [6, 6.07) is 6.45. The number of hydrogen-bond donors (Lipinski definition) is 0. The molecular weight excluding hydrogens is 309 g/mol. The number of rotatable bonds is 1. The fourth-order valence-corrected chi connectivity index (χ4v) is 3.87. The fraction of sp³-hybridized carbons (Fsp3) is 0.300. The zero-order valence-electron chi connectivity index (χ0n) is 15.7. The number of aryl methyl sites for hydroxylation is 4. The van der Waals surface area contributed by atoms with Crippen molar-refractivity contribution < 1.29 is 8.98 Å². The van der Waals surface area contributed by atoms with Crippen molar-refractivity contribution in [2.75, 3.05) is 11.9 Å². The SMILES string of the molecule is CC1=Cc2oc3nc(C)ccc3c2N(C)B1c1cc(C)c(C)c[n+]1C. The molecule has 0 spiro atoms. The molecule has 0 unspecified atom stereocenters. The maximum Gasteiger partial charge on any atom is 0.399 e. The van der Waals surface area contributed by atoms with Gasteiger partial charge in [0, 0.05) is 17.3 Å². The monoisotopic (exact) mass is 332 g/mol. The Bertz CT molecular complexity index is 1040. The molecule has 0 aliphatic carbocycles. The van der Waals surface area contributed by atoms with E-state index in [1.807, 2.05) is 13.0 Å². The quantitative estimate of drug-likeness (QED) is 0.507. The van der Waals surface area contributed by atoms with Crippen molar-refractivity contribution in [1.29, 1.82) is 0 Å². The third-order valence-electron chi connectivity index (χ3n) is 5.29. The Balaban J connectivity index is 1.92. The Hall–Kier alpha value is -2.56. The van der Waals surface area contributed by atoms with Gasteiger partial charge in [-0.05, 0) is 58.5 Å². The number of fused-ring (bicyclic) bond motifs is 3. The third-order valence-corrected chi connectivity index (χ3v) is 5.29. The minimum absolute atomic E-state index is 0.180. The van der Waals surface area contributed by atoms with Crippen LogP contribution in [0.1, 0.15) is 29.5 Å². The zero-order valence-corrected chi connectivity index (χ0v) is 15.7. The molecule has 0 radical (unpaired) electrons. The highest BCUT2D eigenvalue weighted by Crippen LogP contribution is 2.38. The van der Waals surface area contributed by atoms with Gasteiger partial charge in [-0.2, -0.15) is 0 Å². The Morgan fingerprint density at radius 3 is 2.64 bits per heavy atom. The van der Waals surface area contributed by atoms with Gasteiger partial charge in [-0.1, -0.05) is 5.47 Å². The summed E-state index contributed by atoms with van der Waals surface area (Å²) >= 11 is 0. The van der Waals surface area contributed by atoms with Crippen molar-refractivity contribution >= 4 is 35.3 Å². The van der Waals surface area contributed by atoms with E-state index in [0.29, 0.717) is 5.71 Å². The van der Waals surface area contributed by atoms with E-state index >= 15 is 0 Å². The van der Waals surface area contributed by atoms with Gasteiger partial charge in [0.15, 0.2) is 17.6 Å². The lowest BCUT2D eigenvalue weighted by Crippen LogP contribution is -2.62. The number of allylic oxidation sites excluding steroid dienone is 1. The molecule has 126 valence electrons. The van der Waals surface area contributed by atoms with Crippen LogP contribution in [0.25, 0.3) is 17.2 Å². The number of hydrogen-bond acceptors (Lipinski definition) is 3. The van der Waals surface area contributed by atoms with Gasteiger partial charge in [0.05, 0.1) is 11.1 Å². The lowest BCUT2D eigenvalue weighted by atomic mass is 9.49. The highest BCUT2D eigenvalue weighted by Gasteiger charge is 2.39.